The Balaban J connectivity index is 2.05. The van der Waals surface area contributed by atoms with Crippen LogP contribution in [0.5, 0.6) is 11.5 Å². The Bertz CT molecular complexity index is 575. The zero-order chi connectivity index (χ0) is 15.2. The van der Waals surface area contributed by atoms with E-state index in [1.165, 1.54) is 0 Å². The number of ether oxygens (including phenoxy) is 2. The number of rotatable bonds is 6. The van der Waals surface area contributed by atoms with E-state index >= 15 is 0 Å². The van der Waals surface area contributed by atoms with Gasteiger partial charge in [0.05, 0.1) is 0 Å². The third-order valence-electron chi connectivity index (χ3n) is 2.84. The molecule has 2 aromatic rings. The molecule has 2 rings (SSSR count). The second kappa shape index (κ2) is 7.06. The van der Waals surface area contributed by atoms with Crippen LogP contribution in [-0.2, 0) is 0 Å². The van der Waals surface area contributed by atoms with E-state index in [0.717, 1.165) is 0 Å². The molecule has 0 aliphatic carbocycles. The molecule has 0 aliphatic heterocycles. The summed E-state index contributed by atoms with van der Waals surface area (Å²) in [5.41, 5.74) is 1.05. The normalized spacial score (nSPS) is 10.0. The van der Waals surface area contributed by atoms with E-state index in [9.17, 15) is 9.59 Å². The van der Waals surface area contributed by atoms with E-state index in [4.69, 9.17) is 9.47 Å². The number of carbonyl (C=O) groups excluding carboxylic acids is 2. The van der Waals surface area contributed by atoms with Crippen LogP contribution in [0.1, 0.15) is 20.7 Å². The van der Waals surface area contributed by atoms with Crippen molar-refractivity contribution in [2.75, 3.05) is 14.2 Å². The molecule has 0 radical (unpaired) electrons. The summed E-state index contributed by atoms with van der Waals surface area (Å²) < 4.78 is 9.78. The Morgan fingerprint density at radius 3 is 1.33 bits per heavy atom. The Hall–Kier alpha value is -2.10. The van der Waals surface area contributed by atoms with Gasteiger partial charge in [-0.2, -0.15) is 0 Å². The number of methoxy groups -OCH3 is 2. The molecular weight excluding hydrogens is 335 g/mol. The minimum absolute atomic E-state index is 0.147. The van der Waals surface area contributed by atoms with Gasteiger partial charge in [-0.3, -0.25) is 0 Å². The van der Waals surface area contributed by atoms with E-state index in [1.54, 1.807) is 62.8 Å². The first-order valence-electron chi connectivity index (χ1n) is 6.18. The maximum absolute atomic E-state index is 12.1. The van der Waals surface area contributed by atoms with E-state index in [1.807, 2.05) is 0 Å². The van der Waals surface area contributed by atoms with E-state index in [2.05, 4.69) is 0 Å². The zero-order valence-corrected chi connectivity index (χ0v) is 13.4. The Morgan fingerprint density at radius 2 is 1.05 bits per heavy atom. The standard InChI is InChI=1S/C16H14O4Se/c1-19-13-7-3-11(4-8-13)15(17)21-16(18)12-5-9-14(20-2)10-6-12/h3-10H,1-2H3. The van der Waals surface area contributed by atoms with Gasteiger partial charge in [-0.15, -0.1) is 0 Å². The van der Waals surface area contributed by atoms with Crippen LogP contribution in [0, 0.1) is 0 Å². The molecule has 5 heteroatoms. The van der Waals surface area contributed by atoms with Crippen LogP contribution in [0.2, 0.25) is 0 Å². The van der Waals surface area contributed by atoms with E-state index in [-0.39, 0.29) is 9.36 Å². The third kappa shape index (κ3) is 3.94. The van der Waals surface area contributed by atoms with Crippen molar-refractivity contribution in [3.63, 3.8) is 0 Å². The summed E-state index contributed by atoms with van der Waals surface area (Å²) in [5, 5.41) is 0. The predicted molar refractivity (Wildman–Crippen MR) is 80.4 cm³/mol. The van der Waals surface area contributed by atoms with Gasteiger partial charge in [0.25, 0.3) is 0 Å². The summed E-state index contributed by atoms with van der Waals surface area (Å²) in [5.74, 6) is 1.36. The first kappa shape index (κ1) is 15.3. The Morgan fingerprint density at radius 1 is 0.714 bits per heavy atom. The monoisotopic (exact) mass is 350 g/mol. The maximum atomic E-state index is 12.1. The van der Waals surface area contributed by atoms with Crippen LogP contribution in [0.15, 0.2) is 48.5 Å². The van der Waals surface area contributed by atoms with Gasteiger partial charge >= 0.3 is 129 Å². The summed E-state index contributed by atoms with van der Waals surface area (Å²) >= 11 is -0.775. The molecule has 2 aromatic carbocycles. The Labute approximate surface area is 129 Å². The van der Waals surface area contributed by atoms with Gasteiger partial charge in [-0.25, -0.2) is 0 Å². The SMILES string of the molecule is COc1ccc(C(=O)[Se]C(=O)c2ccc(OC)cc2)cc1. The van der Waals surface area contributed by atoms with Crippen molar-refractivity contribution in [1.29, 1.82) is 0 Å². The van der Waals surface area contributed by atoms with Crippen molar-refractivity contribution in [3.05, 3.63) is 59.7 Å². The van der Waals surface area contributed by atoms with Gasteiger partial charge in [0, 0.05) is 0 Å². The van der Waals surface area contributed by atoms with Gasteiger partial charge in [-0.1, -0.05) is 0 Å². The first-order chi connectivity index (χ1) is 10.1. The van der Waals surface area contributed by atoms with Gasteiger partial charge in [-0.05, 0) is 0 Å². The molecule has 0 spiro atoms. The van der Waals surface area contributed by atoms with Crippen molar-refractivity contribution >= 4 is 24.3 Å². The fourth-order valence-corrected chi connectivity index (χ4v) is 3.08. The van der Waals surface area contributed by atoms with Crippen LogP contribution >= 0.6 is 0 Å². The molecule has 0 atom stereocenters. The molecule has 0 fully saturated rings. The van der Waals surface area contributed by atoms with Crippen LogP contribution in [0.25, 0.3) is 0 Å². The number of hydrogen-bond acceptors (Lipinski definition) is 4. The molecule has 0 saturated carbocycles. The molecule has 0 bridgehead atoms. The Kier molecular flexibility index (Phi) is 5.14. The number of carbonyl (C=O) groups is 2. The summed E-state index contributed by atoms with van der Waals surface area (Å²) in [6.45, 7) is 0. The van der Waals surface area contributed by atoms with Crippen molar-refractivity contribution in [2.24, 2.45) is 0 Å². The molecule has 4 nitrogen and oxygen atoms in total. The van der Waals surface area contributed by atoms with Gasteiger partial charge < -0.3 is 0 Å². The molecule has 108 valence electrons. The number of hydrogen-bond donors (Lipinski definition) is 0. The van der Waals surface area contributed by atoms with Crippen LogP contribution in [0.4, 0.5) is 0 Å². The van der Waals surface area contributed by atoms with Crippen molar-refractivity contribution in [1.82, 2.24) is 0 Å². The number of benzene rings is 2. The van der Waals surface area contributed by atoms with Gasteiger partial charge in [0.2, 0.25) is 0 Å². The summed E-state index contributed by atoms with van der Waals surface area (Å²) in [7, 11) is 3.13. The molecule has 0 heterocycles. The van der Waals surface area contributed by atoms with Crippen LogP contribution in [0.3, 0.4) is 0 Å². The van der Waals surface area contributed by atoms with Gasteiger partial charge in [0.15, 0.2) is 0 Å². The van der Waals surface area contributed by atoms with Crippen molar-refractivity contribution in [3.8, 4) is 11.5 Å². The molecule has 0 saturated heterocycles. The topological polar surface area (TPSA) is 52.6 Å². The predicted octanol–water partition coefficient (Wildman–Crippen LogP) is 2.39. The second-order valence-corrected chi connectivity index (χ2v) is 6.12. The summed E-state index contributed by atoms with van der Waals surface area (Å²) in [4.78, 5) is 24.2. The third-order valence-corrected chi connectivity index (χ3v) is 4.60. The molecule has 0 N–H and O–H groups in total. The minimum atomic E-state index is -0.775. The van der Waals surface area contributed by atoms with Crippen molar-refractivity contribution < 1.29 is 19.1 Å². The molecule has 21 heavy (non-hydrogen) atoms. The van der Waals surface area contributed by atoms with Gasteiger partial charge in [0.1, 0.15) is 0 Å². The van der Waals surface area contributed by atoms with Crippen LogP contribution in [-0.4, -0.2) is 38.5 Å². The molecule has 0 aliphatic rings. The average molecular weight is 349 g/mol. The molecule has 0 unspecified atom stereocenters. The fourth-order valence-electron chi connectivity index (χ4n) is 1.66. The van der Waals surface area contributed by atoms with E-state index in [0.29, 0.717) is 22.6 Å². The van der Waals surface area contributed by atoms with E-state index < -0.39 is 15.0 Å². The van der Waals surface area contributed by atoms with Crippen molar-refractivity contribution in [2.45, 2.75) is 0 Å². The molecule has 0 amide bonds. The zero-order valence-electron chi connectivity index (χ0n) is 11.7. The fraction of sp³-hybridized carbons (Fsp3) is 0.125. The molecule has 0 aromatic heterocycles. The summed E-state index contributed by atoms with van der Waals surface area (Å²) in [6, 6.07) is 13.5. The average Bonchev–Trinajstić information content (AvgIpc) is 2.55. The quantitative estimate of drug-likeness (QED) is 0.752. The van der Waals surface area contributed by atoms with Crippen LogP contribution < -0.4 is 9.47 Å². The second-order valence-electron chi connectivity index (χ2n) is 4.13. The summed E-state index contributed by atoms with van der Waals surface area (Å²) in [6.07, 6.45) is 0. The first-order valence-corrected chi connectivity index (χ1v) is 7.90. The molecular formula is C16H14O4Se.